The Morgan fingerprint density at radius 1 is 1.21 bits per heavy atom. The van der Waals surface area contributed by atoms with E-state index in [2.05, 4.69) is 21.0 Å². The molecule has 2 atom stereocenters. The molecule has 3 amide bonds. The van der Waals surface area contributed by atoms with E-state index in [0.29, 0.717) is 19.4 Å². The van der Waals surface area contributed by atoms with Crippen LogP contribution in [-0.2, 0) is 38.7 Å². The molecule has 0 bridgehead atoms. The number of hydrogen-bond acceptors (Lipinski definition) is 6. The third-order valence-corrected chi connectivity index (χ3v) is 5.35. The molecule has 1 aromatic heterocycles. The Morgan fingerprint density at radius 3 is 2.70 bits per heavy atom. The molecule has 0 spiro atoms. The van der Waals surface area contributed by atoms with Crippen LogP contribution in [0.1, 0.15) is 31.5 Å². The Hall–Kier alpha value is -3.69. The normalized spacial score (nSPS) is 17.5. The smallest absolute Gasteiger partial charge is 0.408 e. The second kappa shape index (κ2) is 11.3. The van der Waals surface area contributed by atoms with Gasteiger partial charge >= 0.3 is 6.09 Å². The Labute approximate surface area is 192 Å². The number of alkyl carbamates (subject to hydrolysis) is 1. The Kier molecular flexibility index (Phi) is 8.17. The molecule has 0 saturated heterocycles. The van der Waals surface area contributed by atoms with Gasteiger partial charge in [-0.3, -0.25) is 19.1 Å². The highest BCUT2D eigenvalue weighted by atomic mass is 16.5. The maximum Gasteiger partial charge on any atom is 0.408 e. The number of ketones is 1. The fraction of sp³-hybridized carbons (Fsp3) is 0.435. The molecule has 2 aromatic rings. The third-order valence-electron chi connectivity index (χ3n) is 5.35. The number of Topliss-reactive ketones (excluding diaryl/α,β-unsaturated/α-hetero) is 1. The van der Waals surface area contributed by atoms with Gasteiger partial charge in [0.05, 0.1) is 6.54 Å². The Balaban J connectivity index is 1.67. The molecule has 0 radical (unpaired) electrons. The number of aryl methyl sites for hydroxylation is 1. The summed E-state index contributed by atoms with van der Waals surface area (Å²) in [6, 6.07) is 8.91. The number of nitrogens with zero attached hydrogens (tertiary/aromatic N) is 2. The molecule has 1 aliphatic rings. The van der Waals surface area contributed by atoms with Crippen LogP contribution in [0.3, 0.4) is 0 Å². The SMILES string of the molecule is CC(C)C(NC(=O)OCc1ccccc1)C(=O)NC1Cn2nccc2CCCNC(=O)C1=O. The minimum absolute atomic E-state index is 0.0175. The number of carbonyl (C=O) groups is 4. The zero-order chi connectivity index (χ0) is 23.8. The van der Waals surface area contributed by atoms with Crippen LogP contribution in [0, 0.1) is 5.92 Å². The first-order chi connectivity index (χ1) is 15.8. The monoisotopic (exact) mass is 455 g/mol. The molecule has 1 aromatic carbocycles. The predicted molar refractivity (Wildman–Crippen MR) is 119 cm³/mol. The van der Waals surface area contributed by atoms with E-state index in [0.717, 1.165) is 11.3 Å². The minimum atomic E-state index is -1.13. The van der Waals surface area contributed by atoms with Gasteiger partial charge in [0.2, 0.25) is 11.7 Å². The fourth-order valence-electron chi connectivity index (χ4n) is 3.51. The predicted octanol–water partition coefficient (Wildman–Crippen LogP) is 0.950. The van der Waals surface area contributed by atoms with Crippen LogP contribution < -0.4 is 16.0 Å². The Bertz CT molecular complexity index is 988. The second-order valence-corrected chi connectivity index (χ2v) is 8.22. The molecule has 2 heterocycles. The van der Waals surface area contributed by atoms with E-state index < -0.39 is 35.8 Å². The number of hydrogen-bond donors (Lipinski definition) is 3. The highest BCUT2D eigenvalue weighted by Crippen LogP contribution is 2.09. The summed E-state index contributed by atoms with van der Waals surface area (Å²) in [6.07, 6.45) is 2.22. The summed E-state index contributed by atoms with van der Waals surface area (Å²) in [5.74, 6) is -2.40. The molecule has 0 fully saturated rings. The van der Waals surface area contributed by atoms with Crippen molar-refractivity contribution in [2.75, 3.05) is 6.54 Å². The Morgan fingerprint density at radius 2 is 1.97 bits per heavy atom. The van der Waals surface area contributed by atoms with E-state index in [4.69, 9.17) is 4.74 Å². The van der Waals surface area contributed by atoms with Gasteiger partial charge in [-0.2, -0.15) is 5.10 Å². The third kappa shape index (κ3) is 6.64. The number of carbonyl (C=O) groups excluding carboxylic acids is 4. The first-order valence-electron chi connectivity index (χ1n) is 11.0. The summed E-state index contributed by atoms with van der Waals surface area (Å²) < 4.78 is 6.83. The summed E-state index contributed by atoms with van der Waals surface area (Å²) >= 11 is 0. The molecular formula is C23H29N5O5. The lowest BCUT2D eigenvalue weighted by Gasteiger charge is -2.25. The molecule has 3 rings (SSSR count). The van der Waals surface area contributed by atoms with Crippen LogP contribution in [0.25, 0.3) is 0 Å². The lowest BCUT2D eigenvalue weighted by Crippen LogP contribution is -2.56. The van der Waals surface area contributed by atoms with Gasteiger partial charge in [-0.05, 0) is 30.4 Å². The lowest BCUT2D eigenvalue weighted by molar-refractivity contribution is -0.140. The first-order valence-corrected chi connectivity index (χ1v) is 11.0. The van der Waals surface area contributed by atoms with Crippen molar-refractivity contribution < 1.29 is 23.9 Å². The first kappa shape index (κ1) is 24.0. The van der Waals surface area contributed by atoms with Crippen molar-refractivity contribution >= 4 is 23.7 Å². The molecule has 176 valence electrons. The van der Waals surface area contributed by atoms with Crippen molar-refractivity contribution in [3.8, 4) is 0 Å². The standard InChI is InChI=1S/C23H29N5O5/c1-15(2)19(27-23(32)33-14-16-7-4-3-5-8-16)21(30)26-18-13-28-17(10-12-25-28)9-6-11-24-22(31)20(18)29/h3-5,7-8,10,12,15,18-19H,6,9,11,13-14H2,1-2H3,(H,24,31)(H,26,30)(H,27,32). The molecule has 10 heteroatoms. The number of ether oxygens (including phenoxy) is 1. The maximum absolute atomic E-state index is 13.0. The molecule has 3 N–H and O–H groups in total. The molecule has 0 aliphatic carbocycles. The number of benzene rings is 1. The van der Waals surface area contributed by atoms with Crippen molar-refractivity contribution in [3.05, 3.63) is 53.9 Å². The highest BCUT2D eigenvalue weighted by Gasteiger charge is 2.32. The van der Waals surface area contributed by atoms with Gasteiger partial charge in [0.1, 0.15) is 18.7 Å². The molecule has 2 unspecified atom stereocenters. The zero-order valence-electron chi connectivity index (χ0n) is 18.7. The van der Waals surface area contributed by atoms with Gasteiger partial charge in [-0.25, -0.2) is 4.79 Å². The average Bonchev–Trinajstić information content (AvgIpc) is 3.24. The topological polar surface area (TPSA) is 131 Å². The van der Waals surface area contributed by atoms with Gasteiger partial charge in [0.25, 0.3) is 5.91 Å². The second-order valence-electron chi connectivity index (χ2n) is 8.22. The average molecular weight is 456 g/mol. The van der Waals surface area contributed by atoms with Crippen LogP contribution in [0.5, 0.6) is 0 Å². The van der Waals surface area contributed by atoms with Gasteiger partial charge in [0, 0.05) is 18.4 Å². The molecular weight excluding hydrogens is 426 g/mol. The van der Waals surface area contributed by atoms with Crippen LogP contribution in [0.2, 0.25) is 0 Å². The van der Waals surface area contributed by atoms with Crippen molar-refractivity contribution in [2.24, 2.45) is 5.92 Å². The van der Waals surface area contributed by atoms with Gasteiger partial charge in [0.15, 0.2) is 0 Å². The van der Waals surface area contributed by atoms with Crippen LogP contribution in [0.4, 0.5) is 4.79 Å². The van der Waals surface area contributed by atoms with E-state index in [-0.39, 0.29) is 19.1 Å². The summed E-state index contributed by atoms with van der Waals surface area (Å²) in [6.45, 7) is 3.94. The lowest BCUT2D eigenvalue weighted by atomic mass is 10.0. The van der Waals surface area contributed by atoms with E-state index in [1.54, 1.807) is 24.7 Å². The largest absolute Gasteiger partial charge is 0.445 e. The molecule has 1 aliphatic heterocycles. The molecule has 10 nitrogen and oxygen atoms in total. The maximum atomic E-state index is 13.0. The van der Waals surface area contributed by atoms with Crippen molar-refractivity contribution in [1.82, 2.24) is 25.7 Å². The van der Waals surface area contributed by atoms with Crippen LogP contribution in [0.15, 0.2) is 42.6 Å². The number of rotatable bonds is 6. The van der Waals surface area contributed by atoms with Crippen molar-refractivity contribution in [3.63, 3.8) is 0 Å². The van der Waals surface area contributed by atoms with Gasteiger partial charge in [-0.15, -0.1) is 0 Å². The highest BCUT2D eigenvalue weighted by molar-refractivity contribution is 6.38. The number of fused-ring (bicyclic) bond motifs is 1. The van der Waals surface area contributed by atoms with Crippen LogP contribution >= 0.6 is 0 Å². The summed E-state index contributed by atoms with van der Waals surface area (Å²) in [5, 5.41) is 12.0. The van der Waals surface area contributed by atoms with Crippen molar-refractivity contribution in [1.29, 1.82) is 0 Å². The summed E-state index contributed by atoms with van der Waals surface area (Å²) in [7, 11) is 0. The summed E-state index contributed by atoms with van der Waals surface area (Å²) in [4.78, 5) is 50.3. The van der Waals surface area contributed by atoms with E-state index >= 15 is 0 Å². The molecule has 0 saturated carbocycles. The van der Waals surface area contributed by atoms with Crippen LogP contribution in [-0.4, -0.2) is 52.1 Å². The number of nitrogens with one attached hydrogen (secondary N) is 3. The quantitative estimate of drug-likeness (QED) is 0.556. The van der Waals surface area contributed by atoms with E-state index in [1.807, 2.05) is 36.4 Å². The van der Waals surface area contributed by atoms with Crippen molar-refractivity contribution in [2.45, 2.75) is 51.9 Å². The van der Waals surface area contributed by atoms with Gasteiger partial charge in [-0.1, -0.05) is 44.2 Å². The fourth-order valence-corrected chi connectivity index (χ4v) is 3.51. The van der Waals surface area contributed by atoms with Gasteiger partial charge < -0.3 is 20.7 Å². The minimum Gasteiger partial charge on any atom is -0.445 e. The molecule has 33 heavy (non-hydrogen) atoms. The van der Waals surface area contributed by atoms with E-state index in [9.17, 15) is 19.2 Å². The summed E-state index contributed by atoms with van der Waals surface area (Å²) in [5.41, 5.74) is 1.72. The van der Waals surface area contributed by atoms with E-state index in [1.165, 1.54) is 0 Å². The number of amides is 3. The zero-order valence-corrected chi connectivity index (χ0v) is 18.7. The number of aromatic nitrogens is 2.